The fourth-order valence-electron chi connectivity index (χ4n) is 3.82. The molecule has 0 aromatic heterocycles. The lowest BCUT2D eigenvalue weighted by Crippen LogP contribution is -2.21. The number of carbonyl (C=O) groups excluding carboxylic acids is 1. The van der Waals surface area contributed by atoms with Gasteiger partial charge < -0.3 is 9.47 Å². The van der Waals surface area contributed by atoms with Gasteiger partial charge in [0.15, 0.2) is 6.10 Å². The second-order valence-electron chi connectivity index (χ2n) is 7.52. The number of benzene rings is 3. The van der Waals surface area contributed by atoms with Crippen molar-refractivity contribution in [3.63, 3.8) is 0 Å². The minimum atomic E-state index is -0.771. The Balaban J connectivity index is 2.30. The summed E-state index contributed by atoms with van der Waals surface area (Å²) < 4.78 is 11.5. The Labute approximate surface area is 184 Å². The van der Waals surface area contributed by atoms with Gasteiger partial charge in [-0.3, -0.25) is 0 Å². The monoisotopic (exact) mass is 424 g/mol. The highest BCUT2D eigenvalue weighted by molar-refractivity contribution is 6.30. The molecule has 0 aliphatic rings. The van der Waals surface area contributed by atoms with E-state index < -0.39 is 6.10 Å². The lowest BCUT2D eigenvalue weighted by atomic mass is 9.86. The van der Waals surface area contributed by atoms with Crippen LogP contribution in [0.25, 0.3) is 21.9 Å². The molecule has 3 aromatic rings. The summed E-state index contributed by atoms with van der Waals surface area (Å²) >= 11 is 6.15. The first kappa shape index (κ1) is 22.3. The number of carbonyl (C=O) groups is 1. The molecule has 0 spiro atoms. The molecule has 0 N–H and O–H groups in total. The SMILES string of the molecule is CCCCOC(C(=O)OCC)c1c(C)cc2c(C)cccc2c1-c1ccc(Cl)cc1. The fourth-order valence-corrected chi connectivity index (χ4v) is 3.95. The predicted octanol–water partition coefficient (Wildman–Crippen LogP) is 7.20. The van der Waals surface area contributed by atoms with Gasteiger partial charge in [-0.15, -0.1) is 0 Å². The molecule has 0 aliphatic heterocycles. The van der Waals surface area contributed by atoms with Crippen molar-refractivity contribution in [1.82, 2.24) is 0 Å². The second-order valence-corrected chi connectivity index (χ2v) is 7.95. The van der Waals surface area contributed by atoms with Crippen LogP contribution in [0.2, 0.25) is 5.02 Å². The van der Waals surface area contributed by atoms with Gasteiger partial charge in [0.05, 0.1) is 6.61 Å². The third kappa shape index (κ3) is 4.69. The Kier molecular flexibility index (Phi) is 7.52. The predicted molar refractivity (Wildman–Crippen MR) is 124 cm³/mol. The molecular formula is C26H29ClO3. The van der Waals surface area contributed by atoms with E-state index >= 15 is 0 Å². The maximum absolute atomic E-state index is 13.0. The standard InChI is InChI=1S/C26H29ClO3/c1-5-7-15-30-25(26(28)29-6-2)23-18(4)16-22-17(3)9-8-10-21(22)24(23)19-11-13-20(27)14-12-19/h8-14,16,25H,5-7,15H2,1-4H3. The molecule has 0 radical (unpaired) electrons. The van der Waals surface area contributed by atoms with Crippen LogP contribution < -0.4 is 0 Å². The van der Waals surface area contributed by atoms with Gasteiger partial charge in [-0.1, -0.05) is 61.3 Å². The zero-order valence-corrected chi connectivity index (χ0v) is 18.9. The molecule has 0 heterocycles. The van der Waals surface area contributed by atoms with Crippen LogP contribution in [0.15, 0.2) is 48.5 Å². The summed E-state index contributed by atoms with van der Waals surface area (Å²) in [6.07, 6.45) is 1.11. The van der Waals surface area contributed by atoms with Crippen LogP contribution in [0.1, 0.15) is 49.5 Å². The quantitative estimate of drug-likeness (QED) is 0.283. The van der Waals surface area contributed by atoms with Gasteiger partial charge in [0, 0.05) is 17.2 Å². The number of esters is 1. The second kappa shape index (κ2) is 10.1. The molecule has 4 heteroatoms. The highest BCUT2D eigenvalue weighted by atomic mass is 35.5. The van der Waals surface area contributed by atoms with Crippen molar-refractivity contribution < 1.29 is 14.3 Å². The van der Waals surface area contributed by atoms with Crippen LogP contribution in [-0.4, -0.2) is 19.2 Å². The van der Waals surface area contributed by atoms with Crippen molar-refractivity contribution in [2.24, 2.45) is 0 Å². The largest absolute Gasteiger partial charge is 0.464 e. The number of rotatable bonds is 8. The Bertz CT molecular complexity index is 1020. The first-order chi connectivity index (χ1) is 14.5. The van der Waals surface area contributed by atoms with Gasteiger partial charge in [-0.2, -0.15) is 0 Å². The van der Waals surface area contributed by atoms with Crippen LogP contribution in [0, 0.1) is 13.8 Å². The molecule has 0 fully saturated rings. The zero-order chi connectivity index (χ0) is 21.7. The van der Waals surface area contributed by atoms with Crippen molar-refractivity contribution in [1.29, 1.82) is 0 Å². The van der Waals surface area contributed by atoms with E-state index in [1.807, 2.05) is 44.2 Å². The molecular weight excluding hydrogens is 396 g/mol. The summed E-state index contributed by atoms with van der Waals surface area (Å²) in [4.78, 5) is 13.0. The van der Waals surface area contributed by atoms with Crippen molar-refractivity contribution in [2.75, 3.05) is 13.2 Å². The van der Waals surface area contributed by atoms with Gasteiger partial charge in [0.1, 0.15) is 0 Å². The lowest BCUT2D eigenvalue weighted by Gasteiger charge is -2.24. The van der Waals surface area contributed by atoms with E-state index in [1.54, 1.807) is 0 Å². The molecule has 30 heavy (non-hydrogen) atoms. The molecule has 158 valence electrons. The van der Waals surface area contributed by atoms with Crippen LogP contribution in [0.5, 0.6) is 0 Å². The molecule has 3 nitrogen and oxygen atoms in total. The van der Waals surface area contributed by atoms with Gasteiger partial charge in [0.25, 0.3) is 0 Å². The van der Waals surface area contributed by atoms with Crippen LogP contribution in [0.4, 0.5) is 0 Å². The summed E-state index contributed by atoms with van der Waals surface area (Å²) in [7, 11) is 0. The summed E-state index contributed by atoms with van der Waals surface area (Å²) in [6.45, 7) is 8.88. The minimum Gasteiger partial charge on any atom is -0.464 e. The van der Waals surface area contributed by atoms with Crippen molar-refractivity contribution in [3.05, 3.63) is 70.2 Å². The molecule has 1 unspecified atom stereocenters. The average Bonchev–Trinajstić information content (AvgIpc) is 2.72. The molecule has 3 aromatic carbocycles. The summed E-state index contributed by atoms with van der Waals surface area (Å²) in [5.74, 6) is -0.348. The number of hydrogen-bond acceptors (Lipinski definition) is 3. The van der Waals surface area contributed by atoms with Gasteiger partial charge in [-0.25, -0.2) is 4.79 Å². The van der Waals surface area contributed by atoms with E-state index in [-0.39, 0.29) is 5.97 Å². The van der Waals surface area contributed by atoms with Crippen LogP contribution in [-0.2, 0) is 14.3 Å². The van der Waals surface area contributed by atoms with E-state index in [0.29, 0.717) is 18.2 Å². The zero-order valence-electron chi connectivity index (χ0n) is 18.1. The normalized spacial score (nSPS) is 12.2. The van der Waals surface area contributed by atoms with Crippen molar-refractivity contribution in [2.45, 2.75) is 46.6 Å². The van der Waals surface area contributed by atoms with Crippen molar-refractivity contribution >= 4 is 28.3 Å². The molecule has 0 amide bonds. The summed E-state index contributed by atoms with van der Waals surface area (Å²) in [6, 6.07) is 16.1. The average molecular weight is 425 g/mol. The lowest BCUT2D eigenvalue weighted by molar-refractivity contribution is -0.157. The number of halogens is 1. The number of hydrogen-bond donors (Lipinski definition) is 0. The summed E-state index contributed by atoms with van der Waals surface area (Å²) in [5, 5.41) is 2.93. The number of aryl methyl sites for hydroxylation is 2. The summed E-state index contributed by atoms with van der Waals surface area (Å²) in [5.41, 5.74) is 5.07. The van der Waals surface area contributed by atoms with E-state index in [4.69, 9.17) is 21.1 Å². The molecule has 1 atom stereocenters. The number of unbranched alkanes of at least 4 members (excludes halogenated alkanes) is 1. The van der Waals surface area contributed by atoms with Crippen LogP contribution >= 0.6 is 11.6 Å². The Morgan fingerprint density at radius 2 is 1.73 bits per heavy atom. The Hall–Kier alpha value is -2.36. The van der Waals surface area contributed by atoms with E-state index in [9.17, 15) is 4.79 Å². The first-order valence-electron chi connectivity index (χ1n) is 10.5. The van der Waals surface area contributed by atoms with Crippen molar-refractivity contribution in [3.8, 4) is 11.1 Å². The van der Waals surface area contributed by atoms with E-state index in [1.165, 1.54) is 10.9 Å². The van der Waals surface area contributed by atoms with Gasteiger partial charge in [0.2, 0.25) is 0 Å². The number of fused-ring (bicyclic) bond motifs is 1. The molecule has 3 rings (SSSR count). The van der Waals surface area contributed by atoms with E-state index in [0.717, 1.165) is 40.5 Å². The van der Waals surface area contributed by atoms with Gasteiger partial charge in [-0.05, 0) is 72.4 Å². The highest BCUT2D eigenvalue weighted by Gasteiger charge is 2.29. The maximum Gasteiger partial charge on any atom is 0.339 e. The first-order valence-corrected chi connectivity index (χ1v) is 10.9. The molecule has 0 saturated carbocycles. The molecule has 0 bridgehead atoms. The third-order valence-electron chi connectivity index (χ3n) is 5.33. The molecule has 0 saturated heterocycles. The number of ether oxygens (including phenoxy) is 2. The van der Waals surface area contributed by atoms with Gasteiger partial charge >= 0.3 is 5.97 Å². The Morgan fingerprint density at radius 3 is 2.40 bits per heavy atom. The maximum atomic E-state index is 13.0. The smallest absolute Gasteiger partial charge is 0.339 e. The fraction of sp³-hybridized carbons (Fsp3) is 0.346. The Morgan fingerprint density at radius 1 is 1.00 bits per heavy atom. The van der Waals surface area contributed by atoms with E-state index in [2.05, 4.69) is 32.0 Å². The third-order valence-corrected chi connectivity index (χ3v) is 5.58. The van der Waals surface area contributed by atoms with Crippen LogP contribution in [0.3, 0.4) is 0 Å². The highest BCUT2D eigenvalue weighted by Crippen LogP contribution is 2.40. The molecule has 0 aliphatic carbocycles. The minimum absolute atomic E-state index is 0.314. The topological polar surface area (TPSA) is 35.5 Å².